The second-order valence-electron chi connectivity index (χ2n) is 4.40. The summed E-state index contributed by atoms with van der Waals surface area (Å²) in [5.41, 5.74) is 0.483. The highest BCUT2D eigenvalue weighted by atomic mass is 16.3. The Balaban J connectivity index is 1.79. The van der Waals surface area contributed by atoms with Crippen molar-refractivity contribution in [2.45, 2.75) is 31.7 Å². The molecule has 4 nitrogen and oxygen atoms in total. The molecule has 2 rings (SSSR count). The van der Waals surface area contributed by atoms with Gasteiger partial charge in [0.05, 0.1) is 5.69 Å². The average molecular weight is 234 g/mol. The number of hydrogen-bond acceptors (Lipinski definition) is 3. The smallest absolute Gasteiger partial charge is 0.224 e. The number of nitrogens with one attached hydrogen (secondary N) is 2. The van der Waals surface area contributed by atoms with E-state index in [0.29, 0.717) is 18.2 Å². The molecular formula is C13H18N2O2. The number of aromatic hydroxyl groups is 1. The van der Waals surface area contributed by atoms with Crippen LogP contribution in [0.25, 0.3) is 0 Å². The molecule has 1 aliphatic rings. The summed E-state index contributed by atoms with van der Waals surface area (Å²) >= 11 is 0. The van der Waals surface area contributed by atoms with Crippen molar-refractivity contribution in [3.63, 3.8) is 0 Å². The summed E-state index contributed by atoms with van der Waals surface area (Å²) in [6.07, 6.45) is 3.71. The lowest BCUT2D eigenvalue weighted by molar-refractivity contribution is -0.116. The van der Waals surface area contributed by atoms with Crippen LogP contribution < -0.4 is 10.6 Å². The molecule has 92 valence electrons. The number of amides is 1. The van der Waals surface area contributed by atoms with Gasteiger partial charge in [0.15, 0.2) is 0 Å². The number of anilines is 1. The molecule has 1 aliphatic heterocycles. The van der Waals surface area contributed by atoms with Gasteiger partial charge in [0.25, 0.3) is 0 Å². The van der Waals surface area contributed by atoms with Crippen LogP contribution in [-0.4, -0.2) is 23.6 Å². The molecule has 1 aromatic carbocycles. The summed E-state index contributed by atoms with van der Waals surface area (Å²) in [6, 6.07) is 7.25. The van der Waals surface area contributed by atoms with Gasteiger partial charge in [-0.2, -0.15) is 0 Å². The van der Waals surface area contributed by atoms with Gasteiger partial charge in [-0.05, 0) is 37.9 Å². The van der Waals surface area contributed by atoms with E-state index in [1.54, 1.807) is 24.3 Å². The van der Waals surface area contributed by atoms with Gasteiger partial charge in [-0.3, -0.25) is 4.79 Å². The third-order valence-electron chi connectivity index (χ3n) is 3.06. The van der Waals surface area contributed by atoms with Crippen LogP contribution >= 0.6 is 0 Å². The van der Waals surface area contributed by atoms with Gasteiger partial charge < -0.3 is 15.7 Å². The number of hydrogen-bond donors (Lipinski definition) is 3. The topological polar surface area (TPSA) is 61.4 Å². The first-order valence-electron chi connectivity index (χ1n) is 6.07. The molecule has 0 aromatic heterocycles. The number of benzene rings is 1. The minimum Gasteiger partial charge on any atom is -0.506 e. The Labute approximate surface area is 101 Å². The molecule has 0 saturated carbocycles. The number of carbonyl (C=O) groups excluding carboxylic acids is 1. The summed E-state index contributed by atoms with van der Waals surface area (Å²) in [5.74, 6) is 0.0695. The van der Waals surface area contributed by atoms with Crippen molar-refractivity contribution in [1.29, 1.82) is 0 Å². The Morgan fingerprint density at radius 2 is 2.29 bits per heavy atom. The first kappa shape index (κ1) is 11.9. The van der Waals surface area contributed by atoms with E-state index < -0.39 is 0 Å². The van der Waals surface area contributed by atoms with Gasteiger partial charge in [0, 0.05) is 12.5 Å². The van der Waals surface area contributed by atoms with Crippen molar-refractivity contribution >= 4 is 11.6 Å². The van der Waals surface area contributed by atoms with Crippen molar-refractivity contribution in [2.75, 3.05) is 11.9 Å². The van der Waals surface area contributed by atoms with E-state index in [9.17, 15) is 9.90 Å². The average Bonchev–Trinajstić information content (AvgIpc) is 2.82. The van der Waals surface area contributed by atoms with E-state index in [-0.39, 0.29) is 11.7 Å². The van der Waals surface area contributed by atoms with Crippen LogP contribution in [0.15, 0.2) is 24.3 Å². The molecule has 17 heavy (non-hydrogen) atoms. The number of carbonyl (C=O) groups is 1. The van der Waals surface area contributed by atoms with Crippen molar-refractivity contribution < 1.29 is 9.90 Å². The second kappa shape index (κ2) is 5.68. The van der Waals surface area contributed by atoms with Crippen LogP contribution in [0.2, 0.25) is 0 Å². The summed E-state index contributed by atoms with van der Waals surface area (Å²) < 4.78 is 0. The lowest BCUT2D eigenvalue weighted by atomic mass is 10.1. The molecule has 0 spiro atoms. The van der Waals surface area contributed by atoms with Crippen LogP contribution in [0.4, 0.5) is 5.69 Å². The fraction of sp³-hybridized carbons (Fsp3) is 0.462. The van der Waals surface area contributed by atoms with Crippen LogP contribution in [0, 0.1) is 0 Å². The molecule has 1 fully saturated rings. The van der Waals surface area contributed by atoms with E-state index in [1.807, 2.05) is 0 Å². The lowest BCUT2D eigenvalue weighted by Crippen LogP contribution is -2.23. The lowest BCUT2D eigenvalue weighted by Gasteiger charge is -2.10. The third-order valence-corrected chi connectivity index (χ3v) is 3.06. The maximum atomic E-state index is 11.7. The van der Waals surface area contributed by atoms with Gasteiger partial charge in [-0.15, -0.1) is 0 Å². The predicted molar refractivity (Wildman–Crippen MR) is 67.0 cm³/mol. The number of para-hydroxylation sites is 2. The summed E-state index contributed by atoms with van der Waals surface area (Å²) in [7, 11) is 0. The molecule has 1 atom stereocenters. The minimum absolute atomic E-state index is 0.0415. The highest BCUT2D eigenvalue weighted by molar-refractivity contribution is 5.92. The van der Waals surface area contributed by atoms with Crippen LogP contribution in [0.5, 0.6) is 5.75 Å². The fourth-order valence-corrected chi connectivity index (χ4v) is 2.10. The maximum absolute atomic E-state index is 11.7. The third kappa shape index (κ3) is 3.46. The molecule has 1 amide bonds. The molecule has 1 aromatic rings. The van der Waals surface area contributed by atoms with E-state index in [0.717, 1.165) is 19.4 Å². The van der Waals surface area contributed by atoms with Crippen LogP contribution in [-0.2, 0) is 4.79 Å². The van der Waals surface area contributed by atoms with Crippen molar-refractivity contribution in [1.82, 2.24) is 5.32 Å². The molecule has 0 radical (unpaired) electrons. The van der Waals surface area contributed by atoms with E-state index >= 15 is 0 Å². The van der Waals surface area contributed by atoms with E-state index in [1.165, 1.54) is 6.42 Å². The van der Waals surface area contributed by atoms with Gasteiger partial charge >= 0.3 is 0 Å². The molecular weight excluding hydrogens is 216 g/mol. The number of phenolic OH excluding ortho intramolecular Hbond substituents is 1. The Hall–Kier alpha value is -1.55. The quantitative estimate of drug-likeness (QED) is 0.697. The Kier molecular flexibility index (Phi) is 3.98. The monoisotopic (exact) mass is 234 g/mol. The summed E-state index contributed by atoms with van der Waals surface area (Å²) in [6.45, 7) is 1.06. The van der Waals surface area contributed by atoms with Crippen molar-refractivity contribution in [2.24, 2.45) is 0 Å². The van der Waals surface area contributed by atoms with E-state index in [2.05, 4.69) is 10.6 Å². The molecule has 1 saturated heterocycles. The first-order valence-corrected chi connectivity index (χ1v) is 6.07. The SMILES string of the molecule is O=C(CCC1CCCN1)Nc1ccccc1O. The van der Waals surface area contributed by atoms with Crippen molar-refractivity contribution in [3.05, 3.63) is 24.3 Å². The summed E-state index contributed by atoms with van der Waals surface area (Å²) in [4.78, 5) is 11.7. The zero-order chi connectivity index (χ0) is 12.1. The Morgan fingerprint density at radius 3 is 3.00 bits per heavy atom. The highest BCUT2D eigenvalue weighted by Gasteiger charge is 2.15. The van der Waals surface area contributed by atoms with E-state index in [4.69, 9.17) is 0 Å². The fourth-order valence-electron chi connectivity index (χ4n) is 2.10. The number of rotatable bonds is 4. The number of phenols is 1. The maximum Gasteiger partial charge on any atom is 0.224 e. The van der Waals surface area contributed by atoms with Crippen LogP contribution in [0.1, 0.15) is 25.7 Å². The van der Waals surface area contributed by atoms with Gasteiger partial charge in [0.2, 0.25) is 5.91 Å². The first-order chi connectivity index (χ1) is 8.25. The molecule has 4 heteroatoms. The zero-order valence-electron chi connectivity index (χ0n) is 9.78. The molecule has 3 N–H and O–H groups in total. The Bertz CT molecular complexity index is 387. The Morgan fingerprint density at radius 1 is 1.47 bits per heavy atom. The largest absolute Gasteiger partial charge is 0.506 e. The predicted octanol–water partition coefficient (Wildman–Crippen LogP) is 1.86. The normalized spacial score (nSPS) is 19.2. The molecule has 1 unspecified atom stereocenters. The standard InChI is InChI=1S/C13H18N2O2/c16-12-6-2-1-5-11(12)15-13(17)8-7-10-4-3-9-14-10/h1-2,5-6,10,14,16H,3-4,7-9H2,(H,15,17). The van der Waals surface area contributed by atoms with Crippen LogP contribution in [0.3, 0.4) is 0 Å². The van der Waals surface area contributed by atoms with Crippen molar-refractivity contribution in [3.8, 4) is 5.75 Å². The summed E-state index contributed by atoms with van der Waals surface area (Å²) in [5, 5.41) is 15.6. The van der Waals surface area contributed by atoms with Gasteiger partial charge in [-0.1, -0.05) is 12.1 Å². The molecule has 0 bridgehead atoms. The molecule has 1 heterocycles. The molecule has 0 aliphatic carbocycles. The second-order valence-corrected chi connectivity index (χ2v) is 4.40. The highest BCUT2D eigenvalue weighted by Crippen LogP contribution is 2.22. The minimum atomic E-state index is -0.0415. The van der Waals surface area contributed by atoms with Gasteiger partial charge in [-0.25, -0.2) is 0 Å². The zero-order valence-corrected chi connectivity index (χ0v) is 9.78. The van der Waals surface area contributed by atoms with Gasteiger partial charge in [0.1, 0.15) is 5.75 Å².